The smallest absolute Gasteiger partial charge is 0.287 e. The number of nitrogens with one attached hydrogen (secondary N) is 1. The molecule has 0 radical (unpaired) electrons. The normalized spacial score (nSPS) is 10.6. The van der Waals surface area contributed by atoms with Gasteiger partial charge in [-0.1, -0.05) is 30.3 Å². The van der Waals surface area contributed by atoms with Gasteiger partial charge >= 0.3 is 0 Å². The predicted molar refractivity (Wildman–Crippen MR) is 91.8 cm³/mol. The highest BCUT2D eigenvalue weighted by atomic mass is 16.5. The summed E-state index contributed by atoms with van der Waals surface area (Å²) in [5.74, 6) is 1.40. The molecule has 0 saturated carbocycles. The summed E-state index contributed by atoms with van der Waals surface area (Å²) in [6.45, 7) is 2.76. The summed E-state index contributed by atoms with van der Waals surface area (Å²) < 4.78 is 16.5. The second-order valence-corrected chi connectivity index (χ2v) is 5.36. The molecule has 1 amide bonds. The molecule has 1 aromatic heterocycles. The van der Waals surface area contributed by atoms with E-state index in [9.17, 15) is 4.79 Å². The zero-order chi connectivity index (χ0) is 16.9. The third-order valence-electron chi connectivity index (χ3n) is 3.69. The van der Waals surface area contributed by atoms with Gasteiger partial charge in [-0.3, -0.25) is 4.79 Å². The highest BCUT2D eigenvalue weighted by Crippen LogP contribution is 2.28. The number of hydrogen-bond acceptors (Lipinski definition) is 4. The van der Waals surface area contributed by atoms with Crippen LogP contribution in [0, 0.1) is 6.92 Å². The highest BCUT2D eigenvalue weighted by Gasteiger charge is 2.14. The van der Waals surface area contributed by atoms with Gasteiger partial charge in [0, 0.05) is 5.39 Å². The Hall–Kier alpha value is -2.95. The molecule has 0 unspecified atom stereocenters. The summed E-state index contributed by atoms with van der Waals surface area (Å²) in [6, 6.07) is 15.0. The summed E-state index contributed by atoms with van der Waals surface area (Å²) in [7, 11) is 1.57. The molecule has 2 aromatic carbocycles. The van der Waals surface area contributed by atoms with Crippen molar-refractivity contribution >= 4 is 16.9 Å². The van der Waals surface area contributed by atoms with Crippen LogP contribution in [0.3, 0.4) is 0 Å². The molecule has 0 aliphatic carbocycles. The summed E-state index contributed by atoms with van der Waals surface area (Å²) >= 11 is 0. The predicted octanol–water partition coefficient (Wildman–Crippen LogP) is 3.56. The number of carbonyl (C=O) groups is 1. The van der Waals surface area contributed by atoms with Gasteiger partial charge in [0.1, 0.15) is 12.4 Å². The molecular formula is C19H19NO4. The number of methoxy groups -OCH3 is 1. The van der Waals surface area contributed by atoms with E-state index >= 15 is 0 Å². The summed E-state index contributed by atoms with van der Waals surface area (Å²) in [6.07, 6.45) is 0. The second-order valence-electron chi connectivity index (χ2n) is 5.36. The van der Waals surface area contributed by atoms with Crippen LogP contribution in [0.1, 0.15) is 16.1 Å². The number of aryl methyl sites for hydroxylation is 1. The first kappa shape index (κ1) is 15.9. The Balaban J connectivity index is 1.58. The Morgan fingerprint density at radius 3 is 2.71 bits per heavy atom. The minimum atomic E-state index is -0.276. The fraction of sp³-hybridized carbons (Fsp3) is 0.211. The van der Waals surface area contributed by atoms with Crippen molar-refractivity contribution in [1.29, 1.82) is 0 Å². The van der Waals surface area contributed by atoms with Crippen LogP contribution < -0.4 is 14.8 Å². The fourth-order valence-corrected chi connectivity index (χ4v) is 2.44. The van der Waals surface area contributed by atoms with Gasteiger partial charge in [-0.2, -0.15) is 0 Å². The van der Waals surface area contributed by atoms with E-state index in [1.807, 2.05) is 43.3 Å². The largest absolute Gasteiger partial charge is 0.493 e. The van der Waals surface area contributed by atoms with E-state index in [2.05, 4.69) is 5.32 Å². The minimum Gasteiger partial charge on any atom is -0.493 e. The van der Waals surface area contributed by atoms with Gasteiger partial charge in [-0.05, 0) is 30.7 Å². The molecule has 1 N–H and O–H groups in total. The molecule has 0 aliphatic rings. The van der Waals surface area contributed by atoms with Gasteiger partial charge in [-0.15, -0.1) is 0 Å². The number of para-hydroxylation sites is 2. The van der Waals surface area contributed by atoms with Crippen LogP contribution in [0.5, 0.6) is 11.5 Å². The lowest BCUT2D eigenvalue weighted by Gasteiger charge is -2.09. The maximum atomic E-state index is 12.2. The average molecular weight is 325 g/mol. The monoisotopic (exact) mass is 325 g/mol. The number of amides is 1. The van der Waals surface area contributed by atoms with Crippen molar-refractivity contribution in [3.05, 3.63) is 59.9 Å². The van der Waals surface area contributed by atoms with Crippen LogP contribution >= 0.6 is 0 Å². The Bertz CT molecular complexity index is 853. The van der Waals surface area contributed by atoms with Crippen LogP contribution in [-0.2, 0) is 0 Å². The molecule has 124 valence electrons. The van der Waals surface area contributed by atoms with Crippen molar-refractivity contribution in [2.24, 2.45) is 0 Å². The quantitative estimate of drug-likeness (QED) is 0.704. The lowest BCUT2D eigenvalue weighted by Crippen LogP contribution is -2.27. The van der Waals surface area contributed by atoms with Crippen LogP contribution in [0.2, 0.25) is 0 Å². The molecule has 5 heteroatoms. The Morgan fingerprint density at radius 2 is 1.92 bits per heavy atom. The molecule has 0 fully saturated rings. The van der Waals surface area contributed by atoms with Crippen molar-refractivity contribution in [2.45, 2.75) is 6.92 Å². The highest BCUT2D eigenvalue weighted by molar-refractivity contribution is 5.97. The molecule has 0 saturated heterocycles. The van der Waals surface area contributed by atoms with Crippen molar-refractivity contribution in [1.82, 2.24) is 5.32 Å². The third kappa shape index (κ3) is 3.35. The summed E-state index contributed by atoms with van der Waals surface area (Å²) in [5.41, 5.74) is 1.63. The molecule has 1 heterocycles. The number of hydrogen-bond donors (Lipinski definition) is 1. The zero-order valence-corrected chi connectivity index (χ0v) is 13.7. The van der Waals surface area contributed by atoms with Crippen molar-refractivity contribution < 1.29 is 18.7 Å². The summed E-state index contributed by atoms with van der Waals surface area (Å²) in [4.78, 5) is 12.2. The number of rotatable bonds is 6. The molecule has 3 aromatic rings. The first-order valence-electron chi connectivity index (χ1n) is 7.72. The van der Waals surface area contributed by atoms with Crippen molar-refractivity contribution in [2.75, 3.05) is 20.3 Å². The standard InChI is InChI=1S/C19H19NO4/c1-13-6-3-4-8-15(13)23-11-10-20-19(21)17-12-14-7-5-9-16(22-2)18(14)24-17/h3-9,12H,10-11H2,1-2H3,(H,20,21). The first-order chi connectivity index (χ1) is 11.7. The second kappa shape index (κ2) is 7.08. The molecule has 5 nitrogen and oxygen atoms in total. The maximum Gasteiger partial charge on any atom is 0.287 e. The Labute approximate surface area is 140 Å². The van der Waals surface area contributed by atoms with Gasteiger partial charge in [0.15, 0.2) is 17.1 Å². The first-order valence-corrected chi connectivity index (χ1v) is 7.72. The van der Waals surface area contributed by atoms with Gasteiger partial charge in [0.2, 0.25) is 0 Å². The van der Waals surface area contributed by atoms with Crippen molar-refractivity contribution in [3.63, 3.8) is 0 Å². The molecule has 3 rings (SSSR count). The molecule has 0 aliphatic heterocycles. The van der Waals surface area contributed by atoms with Crippen LogP contribution in [0.4, 0.5) is 0 Å². The maximum absolute atomic E-state index is 12.2. The third-order valence-corrected chi connectivity index (χ3v) is 3.69. The van der Waals surface area contributed by atoms with E-state index < -0.39 is 0 Å². The van der Waals surface area contributed by atoms with Crippen molar-refractivity contribution in [3.8, 4) is 11.5 Å². The number of carbonyl (C=O) groups excluding carboxylic acids is 1. The number of fused-ring (bicyclic) bond motifs is 1. The lowest BCUT2D eigenvalue weighted by molar-refractivity contribution is 0.0921. The van der Waals surface area contributed by atoms with Gasteiger partial charge < -0.3 is 19.2 Å². The molecule has 0 bridgehead atoms. The van der Waals surface area contributed by atoms with E-state index in [4.69, 9.17) is 13.9 Å². The molecule has 24 heavy (non-hydrogen) atoms. The number of furan rings is 1. The van der Waals surface area contributed by atoms with E-state index in [-0.39, 0.29) is 11.7 Å². The minimum absolute atomic E-state index is 0.255. The molecular weight excluding hydrogens is 306 g/mol. The zero-order valence-electron chi connectivity index (χ0n) is 13.7. The molecule has 0 atom stereocenters. The summed E-state index contributed by atoms with van der Waals surface area (Å²) in [5, 5.41) is 3.62. The Morgan fingerprint density at radius 1 is 1.12 bits per heavy atom. The van der Waals surface area contributed by atoms with E-state index in [0.717, 1.165) is 16.7 Å². The van der Waals surface area contributed by atoms with Crippen LogP contribution in [0.15, 0.2) is 52.9 Å². The number of ether oxygens (including phenoxy) is 2. The lowest BCUT2D eigenvalue weighted by atomic mass is 10.2. The topological polar surface area (TPSA) is 60.7 Å². The van der Waals surface area contributed by atoms with Gasteiger partial charge in [0.25, 0.3) is 5.91 Å². The number of benzene rings is 2. The van der Waals surface area contributed by atoms with Gasteiger partial charge in [-0.25, -0.2) is 0 Å². The Kier molecular flexibility index (Phi) is 4.70. The van der Waals surface area contributed by atoms with E-state index in [1.165, 1.54) is 0 Å². The van der Waals surface area contributed by atoms with Gasteiger partial charge in [0.05, 0.1) is 13.7 Å². The molecule has 0 spiro atoms. The average Bonchev–Trinajstić information content (AvgIpc) is 3.04. The van der Waals surface area contributed by atoms with E-state index in [0.29, 0.717) is 24.5 Å². The van der Waals surface area contributed by atoms with Crippen LogP contribution in [0.25, 0.3) is 11.0 Å². The van der Waals surface area contributed by atoms with Crippen LogP contribution in [-0.4, -0.2) is 26.2 Å². The SMILES string of the molecule is COc1cccc2cc(C(=O)NCCOc3ccccc3C)oc12. The van der Waals surface area contributed by atoms with E-state index in [1.54, 1.807) is 19.2 Å². The fourth-order valence-electron chi connectivity index (χ4n) is 2.44.